The SMILES string of the molecule is O=C(NC1CN(C(=O)c2cccc3ncccc23)C1)[C@@H]1CC1(F)F. The van der Waals surface area contributed by atoms with Gasteiger partial charge in [-0.25, -0.2) is 8.78 Å². The summed E-state index contributed by atoms with van der Waals surface area (Å²) >= 11 is 0. The van der Waals surface area contributed by atoms with Crippen molar-refractivity contribution in [3.8, 4) is 0 Å². The van der Waals surface area contributed by atoms with Gasteiger partial charge in [-0.1, -0.05) is 12.1 Å². The largest absolute Gasteiger partial charge is 0.349 e. The van der Waals surface area contributed by atoms with E-state index in [0.29, 0.717) is 18.7 Å². The Balaban J connectivity index is 1.40. The number of hydrogen-bond donors (Lipinski definition) is 1. The van der Waals surface area contributed by atoms with Crippen LogP contribution in [-0.4, -0.2) is 46.8 Å². The quantitative estimate of drug-likeness (QED) is 0.933. The normalized spacial score (nSPS) is 22.1. The third kappa shape index (κ3) is 2.50. The number of benzene rings is 1. The molecule has 1 aliphatic carbocycles. The van der Waals surface area contributed by atoms with Gasteiger partial charge in [0.25, 0.3) is 11.8 Å². The van der Waals surface area contributed by atoms with Crippen molar-refractivity contribution in [1.29, 1.82) is 0 Å². The lowest BCUT2D eigenvalue weighted by atomic mass is 10.0. The molecule has 2 fully saturated rings. The second-order valence-electron chi connectivity index (χ2n) is 6.31. The number of halogens is 2. The molecule has 0 unspecified atom stereocenters. The van der Waals surface area contributed by atoms with Gasteiger partial charge in [0.05, 0.1) is 11.6 Å². The fourth-order valence-corrected chi connectivity index (χ4v) is 3.00. The average Bonchev–Trinajstić information content (AvgIpc) is 3.18. The monoisotopic (exact) mass is 331 g/mol. The third-order valence-corrected chi connectivity index (χ3v) is 4.53. The molecule has 1 saturated carbocycles. The maximum absolute atomic E-state index is 12.9. The summed E-state index contributed by atoms with van der Waals surface area (Å²) < 4.78 is 25.7. The molecular weight excluding hydrogens is 316 g/mol. The lowest BCUT2D eigenvalue weighted by Gasteiger charge is -2.39. The predicted octanol–water partition coefficient (Wildman–Crippen LogP) is 1.83. The first-order chi connectivity index (χ1) is 11.5. The van der Waals surface area contributed by atoms with Gasteiger partial charge in [-0.05, 0) is 18.2 Å². The number of rotatable bonds is 3. The number of carbonyl (C=O) groups excluding carboxylic acids is 2. The first kappa shape index (κ1) is 15.0. The number of nitrogens with zero attached hydrogens (tertiary/aromatic N) is 2. The molecule has 1 saturated heterocycles. The molecule has 1 aromatic carbocycles. The molecule has 0 spiro atoms. The summed E-state index contributed by atoms with van der Waals surface area (Å²) in [5.41, 5.74) is 1.30. The highest BCUT2D eigenvalue weighted by Crippen LogP contribution is 2.48. The predicted molar refractivity (Wildman–Crippen MR) is 82.6 cm³/mol. The molecule has 2 amide bonds. The summed E-state index contributed by atoms with van der Waals surface area (Å²) in [6.45, 7) is 0.666. The van der Waals surface area contributed by atoms with Crippen LogP contribution in [0.5, 0.6) is 0 Å². The van der Waals surface area contributed by atoms with Crippen molar-refractivity contribution < 1.29 is 18.4 Å². The molecule has 1 atom stereocenters. The Hall–Kier alpha value is -2.57. The molecule has 1 aromatic heterocycles. The summed E-state index contributed by atoms with van der Waals surface area (Å²) in [4.78, 5) is 30.0. The molecule has 2 heterocycles. The van der Waals surface area contributed by atoms with Crippen LogP contribution in [0.3, 0.4) is 0 Å². The van der Waals surface area contributed by atoms with Crippen LogP contribution in [0, 0.1) is 5.92 Å². The van der Waals surface area contributed by atoms with E-state index in [1.165, 1.54) is 0 Å². The number of nitrogens with one attached hydrogen (secondary N) is 1. The molecule has 1 N–H and O–H groups in total. The highest BCUT2D eigenvalue weighted by molar-refractivity contribution is 6.06. The first-order valence-electron chi connectivity index (χ1n) is 7.77. The Morgan fingerprint density at radius 3 is 2.67 bits per heavy atom. The van der Waals surface area contributed by atoms with Gasteiger partial charge in [0.15, 0.2) is 0 Å². The smallest absolute Gasteiger partial charge is 0.260 e. The Labute approximate surface area is 136 Å². The zero-order valence-electron chi connectivity index (χ0n) is 12.7. The molecule has 24 heavy (non-hydrogen) atoms. The number of aromatic nitrogens is 1. The Kier molecular flexibility index (Phi) is 3.26. The summed E-state index contributed by atoms with van der Waals surface area (Å²) in [7, 11) is 0. The molecule has 0 bridgehead atoms. The van der Waals surface area contributed by atoms with Crippen LogP contribution in [0.15, 0.2) is 36.5 Å². The van der Waals surface area contributed by atoms with Crippen LogP contribution >= 0.6 is 0 Å². The van der Waals surface area contributed by atoms with Crippen molar-refractivity contribution in [2.24, 2.45) is 5.92 Å². The minimum atomic E-state index is -2.86. The second-order valence-corrected chi connectivity index (χ2v) is 6.31. The van der Waals surface area contributed by atoms with Crippen LogP contribution in [0.25, 0.3) is 10.9 Å². The maximum Gasteiger partial charge on any atom is 0.260 e. The Morgan fingerprint density at radius 1 is 1.21 bits per heavy atom. The lowest BCUT2D eigenvalue weighted by molar-refractivity contribution is -0.126. The van der Waals surface area contributed by atoms with E-state index >= 15 is 0 Å². The summed E-state index contributed by atoms with van der Waals surface area (Å²) in [6.07, 6.45) is 1.29. The molecule has 7 heteroatoms. The Bertz CT molecular complexity index is 828. The number of fused-ring (bicyclic) bond motifs is 1. The molecule has 2 aliphatic rings. The molecule has 1 aliphatic heterocycles. The number of alkyl halides is 2. The third-order valence-electron chi connectivity index (χ3n) is 4.53. The van der Waals surface area contributed by atoms with E-state index in [9.17, 15) is 18.4 Å². The van der Waals surface area contributed by atoms with Crippen LogP contribution in [-0.2, 0) is 4.79 Å². The molecule has 0 radical (unpaired) electrons. The fraction of sp³-hybridized carbons (Fsp3) is 0.353. The van der Waals surface area contributed by atoms with Crippen molar-refractivity contribution in [1.82, 2.24) is 15.2 Å². The van der Waals surface area contributed by atoms with Gasteiger partial charge >= 0.3 is 0 Å². The molecule has 124 valence electrons. The van der Waals surface area contributed by atoms with E-state index in [0.717, 1.165) is 10.9 Å². The van der Waals surface area contributed by atoms with Crippen LogP contribution in [0.4, 0.5) is 8.78 Å². The first-order valence-corrected chi connectivity index (χ1v) is 7.77. The average molecular weight is 331 g/mol. The second kappa shape index (κ2) is 5.22. The van der Waals surface area contributed by atoms with E-state index in [1.54, 1.807) is 29.3 Å². The van der Waals surface area contributed by atoms with E-state index in [1.807, 2.05) is 12.1 Å². The van der Waals surface area contributed by atoms with E-state index in [4.69, 9.17) is 0 Å². The highest BCUT2D eigenvalue weighted by atomic mass is 19.3. The highest BCUT2D eigenvalue weighted by Gasteiger charge is 2.61. The summed E-state index contributed by atoms with van der Waals surface area (Å²) in [5.74, 6) is -4.83. The number of carbonyl (C=O) groups is 2. The standard InChI is InChI=1S/C17H15F2N3O2/c18-17(19)7-13(17)15(23)21-10-8-22(9-10)16(24)12-3-1-5-14-11(12)4-2-6-20-14/h1-6,10,13H,7-9H2,(H,21,23)/t13-/m0/s1. The van der Waals surface area contributed by atoms with Gasteiger partial charge < -0.3 is 10.2 Å². The van der Waals surface area contributed by atoms with Gasteiger partial charge in [-0.3, -0.25) is 14.6 Å². The maximum atomic E-state index is 12.9. The molecule has 5 nitrogen and oxygen atoms in total. The number of amides is 2. The van der Waals surface area contributed by atoms with Gasteiger partial charge in [0, 0.05) is 36.7 Å². The van der Waals surface area contributed by atoms with Crippen LogP contribution in [0.2, 0.25) is 0 Å². The minimum absolute atomic E-state index is 0.143. The number of likely N-dealkylation sites (tertiary alicyclic amines) is 1. The fourth-order valence-electron chi connectivity index (χ4n) is 3.00. The zero-order chi connectivity index (χ0) is 16.9. The van der Waals surface area contributed by atoms with Crippen LogP contribution < -0.4 is 5.32 Å². The van der Waals surface area contributed by atoms with Crippen molar-refractivity contribution in [3.05, 3.63) is 42.1 Å². The zero-order valence-corrected chi connectivity index (χ0v) is 12.7. The number of hydrogen-bond acceptors (Lipinski definition) is 3. The molecule has 4 rings (SSSR count). The molecular formula is C17H15F2N3O2. The summed E-state index contributed by atoms with van der Waals surface area (Å²) in [5, 5.41) is 3.36. The van der Waals surface area contributed by atoms with Crippen molar-refractivity contribution in [2.75, 3.05) is 13.1 Å². The topological polar surface area (TPSA) is 62.3 Å². The van der Waals surface area contributed by atoms with Gasteiger partial charge in [-0.2, -0.15) is 0 Å². The van der Waals surface area contributed by atoms with E-state index < -0.39 is 17.7 Å². The van der Waals surface area contributed by atoms with Crippen molar-refractivity contribution >= 4 is 22.7 Å². The van der Waals surface area contributed by atoms with Crippen molar-refractivity contribution in [2.45, 2.75) is 18.4 Å². The lowest BCUT2D eigenvalue weighted by Crippen LogP contribution is -2.61. The van der Waals surface area contributed by atoms with Gasteiger partial charge in [0.1, 0.15) is 5.92 Å². The number of pyridine rings is 1. The van der Waals surface area contributed by atoms with Gasteiger partial charge in [0.2, 0.25) is 5.91 Å². The van der Waals surface area contributed by atoms with E-state index in [-0.39, 0.29) is 18.4 Å². The Morgan fingerprint density at radius 2 is 1.96 bits per heavy atom. The van der Waals surface area contributed by atoms with Crippen molar-refractivity contribution in [3.63, 3.8) is 0 Å². The molecule has 2 aromatic rings. The minimum Gasteiger partial charge on any atom is -0.349 e. The van der Waals surface area contributed by atoms with Crippen LogP contribution in [0.1, 0.15) is 16.8 Å². The van der Waals surface area contributed by atoms with E-state index in [2.05, 4.69) is 10.3 Å². The summed E-state index contributed by atoms with van der Waals surface area (Å²) in [6, 6.07) is 8.70. The van der Waals surface area contributed by atoms with Gasteiger partial charge in [-0.15, -0.1) is 0 Å².